The monoisotopic (exact) mass is 252 g/mol. The smallest absolute Gasteiger partial charge is 0.306 e. The zero-order valence-corrected chi connectivity index (χ0v) is 11.0. The average Bonchev–Trinajstić information content (AvgIpc) is 2.76. The molecule has 3 aliphatic rings. The molecule has 1 aliphatic carbocycles. The van der Waals surface area contributed by atoms with Gasteiger partial charge in [-0.1, -0.05) is 0 Å². The predicted octanol–water partition coefficient (Wildman–Crippen LogP) is 1.17. The van der Waals surface area contributed by atoms with Crippen molar-refractivity contribution in [3.8, 4) is 0 Å². The molecule has 0 amide bonds. The van der Waals surface area contributed by atoms with E-state index in [4.69, 9.17) is 5.11 Å². The zero-order chi connectivity index (χ0) is 12.5. The van der Waals surface area contributed by atoms with Crippen molar-refractivity contribution in [1.82, 2.24) is 10.2 Å². The van der Waals surface area contributed by atoms with E-state index in [9.17, 15) is 4.79 Å². The standard InChI is InChI=1S/C14H24N2O2/c17-14(18)10-3-4-13(6-10)16-5-1-2-11(9-16)12-7-15-8-12/h10-13,15H,1-9H2,(H,17,18)/t10-,11-,13?/m0/s1. The van der Waals surface area contributed by atoms with E-state index in [-0.39, 0.29) is 5.92 Å². The van der Waals surface area contributed by atoms with Gasteiger partial charge in [0.15, 0.2) is 0 Å². The van der Waals surface area contributed by atoms with Crippen molar-refractivity contribution in [3.63, 3.8) is 0 Å². The van der Waals surface area contributed by atoms with Crippen LogP contribution in [0, 0.1) is 17.8 Å². The van der Waals surface area contributed by atoms with Gasteiger partial charge in [0.25, 0.3) is 0 Å². The van der Waals surface area contributed by atoms with Gasteiger partial charge in [0.05, 0.1) is 5.92 Å². The molecule has 0 radical (unpaired) electrons. The van der Waals surface area contributed by atoms with Gasteiger partial charge >= 0.3 is 5.97 Å². The lowest BCUT2D eigenvalue weighted by atomic mass is 9.81. The van der Waals surface area contributed by atoms with Gasteiger partial charge in [0.2, 0.25) is 0 Å². The fourth-order valence-electron chi connectivity index (χ4n) is 3.91. The number of likely N-dealkylation sites (tertiary alicyclic amines) is 1. The number of nitrogens with zero attached hydrogens (tertiary/aromatic N) is 1. The lowest BCUT2D eigenvalue weighted by molar-refractivity contribution is -0.141. The molecule has 0 bridgehead atoms. The summed E-state index contributed by atoms with van der Waals surface area (Å²) >= 11 is 0. The number of carboxylic acid groups (broad SMARTS) is 1. The van der Waals surface area contributed by atoms with E-state index in [1.54, 1.807) is 0 Å². The van der Waals surface area contributed by atoms with Gasteiger partial charge in [-0.3, -0.25) is 4.79 Å². The molecule has 4 heteroatoms. The number of hydrogen-bond acceptors (Lipinski definition) is 3. The molecule has 2 saturated heterocycles. The van der Waals surface area contributed by atoms with Crippen LogP contribution < -0.4 is 5.32 Å². The highest BCUT2D eigenvalue weighted by molar-refractivity contribution is 5.70. The normalized spacial score (nSPS) is 38.6. The highest BCUT2D eigenvalue weighted by Crippen LogP contribution is 2.34. The topological polar surface area (TPSA) is 52.6 Å². The number of hydrogen-bond donors (Lipinski definition) is 2. The van der Waals surface area contributed by atoms with Crippen LogP contribution in [0.15, 0.2) is 0 Å². The molecule has 2 aliphatic heterocycles. The molecule has 3 atom stereocenters. The Balaban J connectivity index is 1.54. The third-order valence-electron chi connectivity index (χ3n) is 5.24. The van der Waals surface area contributed by atoms with Gasteiger partial charge in [0, 0.05) is 12.6 Å². The van der Waals surface area contributed by atoms with Gasteiger partial charge < -0.3 is 15.3 Å². The first-order valence-corrected chi connectivity index (χ1v) is 7.41. The summed E-state index contributed by atoms with van der Waals surface area (Å²) < 4.78 is 0. The molecule has 18 heavy (non-hydrogen) atoms. The summed E-state index contributed by atoms with van der Waals surface area (Å²) in [5.74, 6) is 1.06. The number of nitrogens with one attached hydrogen (secondary N) is 1. The lowest BCUT2D eigenvalue weighted by Gasteiger charge is -2.43. The number of piperidine rings is 1. The molecule has 102 valence electrons. The summed E-state index contributed by atoms with van der Waals surface area (Å²) in [6, 6.07) is 0.543. The summed E-state index contributed by atoms with van der Waals surface area (Å²) in [7, 11) is 0. The Morgan fingerprint density at radius 2 is 2.00 bits per heavy atom. The van der Waals surface area contributed by atoms with E-state index >= 15 is 0 Å². The third kappa shape index (κ3) is 2.41. The molecular formula is C14H24N2O2. The van der Waals surface area contributed by atoms with Crippen LogP contribution in [0.4, 0.5) is 0 Å². The minimum absolute atomic E-state index is 0.0826. The Kier molecular flexibility index (Phi) is 3.57. The van der Waals surface area contributed by atoms with Gasteiger partial charge in [-0.15, -0.1) is 0 Å². The van der Waals surface area contributed by atoms with E-state index in [0.717, 1.165) is 31.1 Å². The highest BCUT2D eigenvalue weighted by Gasteiger charge is 2.37. The largest absolute Gasteiger partial charge is 0.481 e. The van der Waals surface area contributed by atoms with Crippen molar-refractivity contribution in [1.29, 1.82) is 0 Å². The number of carbonyl (C=O) groups is 1. The molecule has 3 rings (SSSR count). The molecule has 1 unspecified atom stereocenters. The fraction of sp³-hybridized carbons (Fsp3) is 0.929. The van der Waals surface area contributed by atoms with Crippen LogP contribution >= 0.6 is 0 Å². The molecular weight excluding hydrogens is 228 g/mol. The first kappa shape index (κ1) is 12.4. The van der Waals surface area contributed by atoms with Crippen LogP contribution in [-0.2, 0) is 4.79 Å². The minimum atomic E-state index is -0.589. The first-order valence-electron chi connectivity index (χ1n) is 7.41. The van der Waals surface area contributed by atoms with Gasteiger partial charge in [-0.2, -0.15) is 0 Å². The zero-order valence-electron chi connectivity index (χ0n) is 11.0. The molecule has 0 aromatic carbocycles. The van der Waals surface area contributed by atoms with Crippen LogP contribution in [0.2, 0.25) is 0 Å². The van der Waals surface area contributed by atoms with E-state index in [1.165, 1.54) is 39.0 Å². The number of carboxylic acids is 1. The summed E-state index contributed by atoms with van der Waals surface area (Å²) in [5, 5.41) is 12.5. The van der Waals surface area contributed by atoms with Crippen LogP contribution in [0.3, 0.4) is 0 Å². The molecule has 0 aromatic rings. The van der Waals surface area contributed by atoms with Crippen LogP contribution in [0.1, 0.15) is 32.1 Å². The van der Waals surface area contributed by atoms with Crippen molar-refractivity contribution >= 4 is 5.97 Å². The van der Waals surface area contributed by atoms with Crippen LogP contribution in [0.25, 0.3) is 0 Å². The average molecular weight is 252 g/mol. The van der Waals surface area contributed by atoms with Crippen LogP contribution in [0.5, 0.6) is 0 Å². The van der Waals surface area contributed by atoms with Crippen molar-refractivity contribution in [2.45, 2.75) is 38.1 Å². The maximum Gasteiger partial charge on any atom is 0.306 e. The summed E-state index contributed by atoms with van der Waals surface area (Å²) in [4.78, 5) is 13.6. The highest BCUT2D eigenvalue weighted by atomic mass is 16.4. The minimum Gasteiger partial charge on any atom is -0.481 e. The van der Waals surface area contributed by atoms with Gasteiger partial charge in [-0.05, 0) is 63.6 Å². The second-order valence-electron chi connectivity index (χ2n) is 6.32. The van der Waals surface area contributed by atoms with E-state index < -0.39 is 5.97 Å². The van der Waals surface area contributed by atoms with Crippen LogP contribution in [-0.4, -0.2) is 48.2 Å². The van der Waals surface area contributed by atoms with E-state index in [1.807, 2.05) is 0 Å². The molecule has 0 aromatic heterocycles. The second kappa shape index (κ2) is 5.17. The maximum absolute atomic E-state index is 11.0. The third-order valence-corrected chi connectivity index (χ3v) is 5.24. The van der Waals surface area contributed by atoms with Crippen molar-refractivity contribution in [2.24, 2.45) is 17.8 Å². The Labute approximate surface area is 109 Å². The first-order chi connectivity index (χ1) is 8.74. The molecule has 3 fully saturated rings. The van der Waals surface area contributed by atoms with E-state index in [0.29, 0.717) is 6.04 Å². The molecule has 0 spiro atoms. The molecule has 1 saturated carbocycles. The SMILES string of the molecule is O=C(O)[C@H]1CCC(N2CCC[C@H](C3CNC3)C2)C1. The lowest BCUT2D eigenvalue weighted by Crippen LogP contribution is -2.52. The second-order valence-corrected chi connectivity index (χ2v) is 6.32. The summed E-state index contributed by atoms with van der Waals surface area (Å²) in [5.41, 5.74) is 0. The van der Waals surface area contributed by atoms with Crippen molar-refractivity contribution < 1.29 is 9.90 Å². The molecule has 4 nitrogen and oxygen atoms in total. The van der Waals surface area contributed by atoms with E-state index in [2.05, 4.69) is 10.2 Å². The summed E-state index contributed by atoms with van der Waals surface area (Å²) in [6.45, 7) is 4.79. The summed E-state index contributed by atoms with van der Waals surface area (Å²) in [6.07, 6.45) is 5.52. The van der Waals surface area contributed by atoms with Gasteiger partial charge in [-0.25, -0.2) is 0 Å². The van der Waals surface area contributed by atoms with Crippen molar-refractivity contribution in [2.75, 3.05) is 26.2 Å². The predicted molar refractivity (Wildman–Crippen MR) is 69.4 cm³/mol. The Bertz CT molecular complexity index is 317. The Morgan fingerprint density at radius 3 is 2.61 bits per heavy atom. The number of rotatable bonds is 3. The quantitative estimate of drug-likeness (QED) is 0.792. The maximum atomic E-state index is 11.0. The Hall–Kier alpha value is -0.610. The number of aliphatic carboxylic acids is 1. The van der Waals surface area contributed by atoms with Gasteiger partial charge in [0.1, 0.15) is 0 Å². The molecule has 2 heterocycles. The van der Waals surface area contributed by atoms with Crippen molar-refractivity contribution in [3.05, 3.63) is 0 Å². The fourth-order valence-corrected chi connectivity index (χ4v) is 3.91. The Morgan fingerprint density at radius 1 is 1.17 bits per heavy atom. The molecule has 2 N–H and O–H groups in total.